The average Bonchev–Trinajstić information content (AvgIpc) is 3.42. The molecule has 154 valence electrons. The molecule has 4 rings (SSSR count). The van der Waals surface area contributed by atoms with Crippen molar-refractivity contribution in [2.75, 3.05) is 6.54 Å². The van der Waals surface area contributed by atoms with Crippen molar-refractivity contribution in [1.82, 2.24) is 20.4 Å². The highest BCUT2D eigenvalue weighted by molar-refractivity contribution is 7.13. The normalized spacial score (nSPS) is 25.3. The molecule has 29 heavy (non-hydrogen) atoms. The van der Waals surface area contributed by atoms with Crippen molar-refractivity contribution in [2.45, 2.75) is 51.2 Å². The molecule has 0 bridgehead atoms. The van der Waals surface area contributed by atoms with Gasteiger partial charge in [-0.05, 0) is 37.1 Å². The van der Waals surface area contributed by atoms with Crippen LogP contribution in [0, 0.1) is 5.92 Å². The summed E-state index contributed by atoms with van der Waals surface area (Å²) in [7, 11) is 0. The molecule has 3 heterocycles. The fraction of sp³-hybridized carbons (Fsp3) is 0.526. The van der Waals surface area contributed by atoms with Crippen molar-refractivity contribution in [3.63, 3.8) is 0 Å². The molecule has 2 aromatic rings. The largest absolute Gasteiger partial charge is 0.451 e. The number of nitrogens with one attached hydrogen (secondary N) is 1. The van der Waals surface area contributed by atoms with Crippen molar-refractivity contribution in [3.05, 3.63) is 23.4 Å². The molecule has 1 saturated carbocycles. The van der Waals surface area contributed by atoms with Gasteiger partial charge in [0, 0.05) is 0 Å². The van der Waals surface area contributed by atoms with E-state index in [-0.39, 0.29) is 17.7 Å². The molecule has 1 aliphatic carbocycles. The number of aromatic nitrogens is 2. The smallest absolute Gasteiger partial charge is 0.327 e. The summed E-state index contributed by atoms with van der Waals surface area (Å²) in [5, 5.41) is 12.6. The molecule has 1 N–H and O–H groups in total. The minimum Gasteiger partial charge on any atom is -0.451 e. The number of esters is 1. The molecule has 2 aliphatic rings. The van der Waals surface area contributed by atoms with Gasteiger partial charge in [0.2, 0.25) is 0 Å². The Hall–Kier alpha value is -2.75. The summed E-state index contributed by atoms with van der Waals surface area (Å²) in [6, 6.07) is 3.16. The molecule has 1 aliphatic heterocycles. The first kappa shape index (κ1) is 19.6. The highest BCUT2D eigenvalue weighted by Gasteiger charge is 2.55. The van der Waals surface area contributed by atoms with E-state index in [9.17, 15) is 14.4 Å². The van der Waals surface area contributed by atoms with Gasteiger partial charge in [-0.3, -0.25) is 14.5 Å². The highest BCUT2D eigenvalue weighted by atomic mass is 32.1. The third kappa shape index (κ3) is 3.52. The number of hydrogen-bond acceptors (Lipinski definition) is 8. The van der Waals surface area contributed by atoms with Gasteiger partial charge in [-0.25, -0.2) is 4.79 Å². The number of thiophene rings is 1. The Balaban J connectivity index is 1.39. The van der Waals surface area contributed by atoms with E-state index in [0.29, 0.717) is 12.3 Å². The number of urea groups is 1. The van der Waals surface area contributed by atoms with Gasteiger partial charge < -0.3 is 14.5 Å². The average molecular weight is 418 g/mol. The van der Waals surface area contributed by atoms with Crippen LogP contribution in [0.25, 0.3) is 10.8 Å². The zero-order valence-corrected chi connectivity index (χ0v) is 17.0. The quantitative estimate of drug-likeness (QED) is 0.586. The van der Waals surface area contributed by atoms with E-state index < -0.39 is 30.2 Å². The van der Waals surface area contributed by atoms with Gasteiger partial charge >= 0.3 is 12.0 Å². The lowest BCUT2D eigenvalue weighted by molar-refractivity contribution is -0.153. The molecule has 10 heteroatoms. The number of nitrogens with zero attached hydrogens (tertiary/aromatic N) is 3. The van der Waals surface area contributed by atoms with Crippen molar-refractivity contribution in [1.29, 1.82) is 0 Å². The maximum absolute atomic E-state index is 12.9. The van der Waals surface area contributed by atoms with Gasteiger partial charge in [0.15, 0.2) is 6.10 Å². The first-order valence-corrected chi connectivity index (χ1v) is 10.5. The molecule has 0 aromatic carbocycles. The van der Waals surface area contributed by atoms with E-state index in [4.69, 9.17) is 9.15 Å². The molecule has 1 saturated heterocycles. The SMILES string of the molecule is C[C@H](OC(=O)CN1C(=O)N[C@@]2(CCCC[C@@H]2C)C1=O)c1nnc(-c2cccs2)o1. The first-order chi connectivity index (χ1) is 13.9. The molecule has 0 unspecified atom stereocenters. The maximum atomic E-state index is 12.9. The van der Waals surface area contributed by atoms with E-state index in [1.165, 1.54) is 11.3 Å². The van der Waals surface area contributed by atoms with Crippen LogP contribution in [0.4, 0.5) is 4.79 Å². The summed E-state index contributed by atoms with van der Waals surface area (Å²) in [6.45, 7) is 3.11. The number of carbonyl (C=O) groups is 3. The van der Waals surface area contributed by atoms with Gasteiger partial charge in [0.1, 0.15) is 12.1 Å². The maximum Gasteiger partial charge on any atom is 0.327 e. The molecule has 2 aromatic heterocycles. The van der Waals surface area contributed by atoms with Gasteiger partial charge in [-0.15, -0.1) is 21.5 Å². The van der Waals surface area contributed by atoms with E-state index in [1.54, 1.807) is 6.92 Å². The zero-order chi connectivity index (χ0) is 20.6. The van der Waals surface area contributed by atoms with Crippen LogP contribution in [0.5, 0.6) is 0 Å². The van der Waals surface area contributed by atoms with Gasteiger partial charge in [-0.1, -0.05) is 25.8 Å². The lowest BCUT2D eigenvalue weighted by Crippen LogP contribution is -2.54. The molecule has 1 spiro atoms. The van der Waals surface area contributed by atoms with Crippen molar-refractivity contribution in [3.8, 4) is 10.8 Å². The molecule has 0 radical (unpaired) electrons. The van der Waals surface area contributed by atoms with Crippen molar-refractivity contribution < 1.29 is 23.5 Å². The van der Waals surface area contributed by atoms with Crippen LogP contribution >= 0.6 is 11.3 Å². The predicted octanol–water partition coefficient (Wildman–Crippen LogP) is 2.90. The fourth-order valence-electron chi connectivity index (χ4n) is 3.95. The Morgan fingerprint density at radius 2 is 2.28 bits per heavy atom. The minimum absolute atomic E-state index is 0.0294. The summed E-state index contributed by atoms with van der Waals surface area (Å²) in [5.74, 6) is -0.535. The number of imide groups is 1. The van der Waals surface area contributed by atoms with Crippen molar-refractivity contribution >= 4 is 29.2 Å². The summed E-state index contributed by atoms with van der Waals surface area (Å²) in [4.78, 5) is 39.4. The predicted molar refractivity (Wildman–Crippen MR) is 103 cm³/mol. The van der Waals surface area contributed by atoms with Gasteiger partial charge in [-0.2, -0.15) is 0 Å². The second-order valence-electron chi connectivity index (χ2n) is 7.49. The monoisotopic (exact) mass is 418 g/mol. The van der Waals surface area contributed by atoms with Crippen LogP contribution in [-0.2, 0) is 14.3 Å². The second-order valence-corrected chi connectivity index (χ2v) is 8.44. The zero-order valence-electron chi connectivity index (χ0n) is 16.2. The second kappa shape index (κ2) is 7.58. The third-order valence-electron chi connectivity index (χ3n) is 5.62. The number of carbonyl (C=O) groups excluding carboxylic acids is 3. The Labute approximate surface area is 171 Å². The molecular weight excluding hydrogens is 396 g/mol. The molecule has 9 nitrogen and oxygen atoms in total. The lowest BCUT2D eigenvalue weighted by Gasteiger charge is -2.36. The van der Waals surface area contributed by atoms with E-state index >= 15 is 0 Å². The molecule has 2 fully saturated rings. The third-order valence-corrected chi connectivity index (χ3v) is 6.48. The Morgan fingerprint density at radius 1 is 1.45 bits per heavy atom. The van der Waals surface area contributed by atoms with E-state index in [2.05, 4.69) is 15.5 Å². The summed E-state index contributed by atoms with van der Waals surface area (Å²) < 4.78 is 10.9. The summed E-state index contributed by atoms with van der Waals surface area (Å²) in [6.07, 6.45) is 2.56. The Bertz CT molecular complexity index is 927. The minimum atomic E-state index is -0.899. The van der Waals surface area contributed by atoms with Crippen molar-refractivity contribution in [2.24, 2.45) is 5.92 Å². The van der Waals surface area contributed by atoms with Crippen LogP contribution in [0.1, 0.15) is 51.5 Å². The van der Waals surface area contributed by atoms with Crippen LogP contribution < -0.4 is 5.32 Å². The van der Waals surface area contributed by atoms with Crippen LogP contribution in [0.15, 0.2) is 21.9 Å². The molecule has 3 atom stereocenters. The highest BCUT2D eigenvalue weighted by Crippen LogP contribution is 2.38. The van der Waals surface area contributed by atoms with Gasteiger partial charge in [0.05, 0.1) is 4.88 Å². The van der Waals surface area contributed by atoms with Crippen LogP contribution in [0.2, 0.25) is 0 Å². The fourth-order valence-corrected chi connectivity index (χ4v) is 4.60. The topological polar surface area (TPSA) is 115 Å². The number of ether oxygens (including phenoxy) is 1. The van der Waals surface area contributed by atoms with E-state index in [0.717, 1.165) is 29.0 Å². The number of rotatable bonds is 5. The van der Waals surface area contributed by atoms with Gasteiger partial charge in [0.25, 0.3) is 17.7 Å². The Kier molecular flexibility index (Phi) is 5.12. The number of amides is 3. The Morgan fingerprint density at radius 3 is 3.00 bits per heavy atom. The lowest BCUT2D eigenvalue weighted by atomic mass is 9.73. The molecular formula is C19H22N4O5S. The standard InChI is InChI=1S/C19H22N4O5S/c1-11-6-3-4-8-19(11)17(25)23(18(26)20-19)10-14(24)27-12(2)15-21-22-16(28-15)13-7-5-9-29-13/h5,7,9,11-12H,3-4,6,8,10H2,1-2H3,(H,20,26)/t11-,12-,19+/m0/s1. The summed E-state index contributed by atoms with van der Waals surface area (Å²) >= 11 is 1.45. The van der Waals surface area contributed by atoms with E-state index in [1.807, 2.05) is 24.4 Å². The summed E-state index contributed by atoms with van der Waals surface area (Å²) in [5.41, 5.74) is -0.899. The van der Waals surface area contributed by atoms with Crippen LogP contribution in [0.3, 0.4) is 0 Å². The first-order valence-electron chi connectivity index (χ1n) is 9.61. The number of hydrogen-bond donors (Lipinski definition) is 1. The van der Waals surface area contributed by atoms with Crippen LogP contribution in [-0.4, -0.2) is 45.1 Å². The molecule has 3 amide bonds.